The fourth-order valence-corrected chi connectivity index (χ4v) is 3.91. The van der Waals surface area contributed by atoms with E-state index < -0.39 is 0 Å². The van der Waals surface area contributed by atoms with Gasteiger partial charge in [-0.25, -0.2) is 9.50 Å². The Kier molecular flexibility index (Phi) is 4.19. The van der Waals surface area contributed by atoms with Crippen LogP contribution in [0.5, 0.6) is 0 Å². The summed E-state index contributed by atoms with van der Waals surface area (Å²) in [6, 6.07) is 0.443. The van der Waals surface area contributed by atoms with Gasteiger partial charge in [0.2, 0.25) is 16.0 Å². The van der Waals surface area contributed by atoms with Crippen LogP contribution in [-0.2, 0) is 10.2 Å². The van der Waals surface area contributed by atoms with Gasteiger partial charge in [0.05, 0.1) is 18.4 Å². The summed E-state index contributed by atoms with van der Waals surface area (Å²) in [5.41, 5.74) is 1.12. The van der Waals surface area contributed by atoms with Crippen molar-refractivity contribution in [3.63, 3.8) is 0 Å². The highest BCUT2D eigenvalue weighted by molar-refractivity contribution is 7.20. The number of aromatic nitrogens is 3. The molecule has 1 aliphatic carbocycles. The van der Waals surface area contributed by atoms with E-state index in [1.807, 2.05) is 10.7 Å². The zero-order chi connectivity index (χ0) is 17.6. The first-order valence-corrected chi connectivity index (χ1v) is 9.83. The molecule has 8 heteroatoms. The molecule has 4 rings (SSSR count). The lowest BCUT2D eigenvalue weighted by molar-refractivity contribution is -0.122. The Labute approximate surface area is 152 Å². The molecular weight excluding hydrogens is 336 g/mol. The molecule has 2 aliphatic rings. The fourth-order valence-electron chi connectivity index (χ4n) is 2.98. The van der Waals surface area contributed by atoms with Gasteiger partial charge in [-0.05, 0) is 12.8 Å². The molecule has 0 radical (unpaired) electrons. The van der Waals surface area contributed by atoms with E-state index in [9.17, 15) is 4.79 Å². The molecule has 3 heterocycles. The number of piperazine rings is 1. The van der Waals surface area contributed by atoms with E-state index >= 15 is 0 Å². The van der Waals surface area contributed by atoms with Crippen LogP contribution in [0.2, 0.25) is 0 Å². The molecule has 2 fully saturated rings. The van der Waals surface area contributed by atoms with E-state index in [1.54, 1.807) is 11.3 Å². The number of carbonyl (C=O) groups excluding carboxylic acids is 1. The quantitative estimate of drug-likeness (QED) is 0.893. The Hall–Kier alpha value is -1.67. The van der Waals surface area contributed by atoms with Crippen LogP contribution in [0, 0.1) is 0 Å². The Morgan fingerprint density at radius 1 is 1.28 bits per heavy atom. The second-order valence-electron chi connectivity index (χ2n) is 8.09. The standard InChI is InChI=1S/C17H26N6OS/c1-17(2,3)13-10-23-15(19-13)25-16(20-23)22-8-6-21(7-9-22)11-14(24)18-12-4-5-12/h10,12H,4-9,11H2,1-3H3,(H,18,24). The molecule has 1 amide bonds. The monoisotopic (exact) mass is 362 g/mol. The molecule has 7 nitrogen and oxygen atoms in total. The molecule has 0 unspecified atom stereocenters. The molecule has 25 heavy (non-hydrogen) atoms. The summed E-state index contributed by atoms with van der Waals surface area (Å²) in [4.78, 5) is 22.1. The number of nitrogens with zero attached hydrogens (tertiary/aromatic N) is 5. The first-order valence-electron chi connectivity index (χ1n) is 9.02. The molecule has 1 saturated carbocycles. The SMILES string of the molecule is CC(C)(C)c1cn2nc(N3CCN(CC(=O)NC4CC4)CC3)sc2n1. The Balaban J connectivity index is 1.34. The van der Waals surface area contributed by atoms with Gasteiger partial charge in [0, 0.05) is 37.6 Å². The zero-order valence-corrected chi connectivity index (χ0v) is 16.0. The van der Waals surface area contributed by atoms with Crippen LogP contribution in [-0.4, -0.2) is 64.2 Å². The number of hydrogen-bond donors (Lipinski definition) is 1. The van der Waals surface area contributed by atoms with Crippen molar-refractivity contribution in [1.82, 2.24) is 24.8 Å². The number of imidazole rings is 1. The molecule has 0 aromatic carbocycles. The van der Waals surface area contributed by atoms with E-state index in [2.05, 4.69) is 35.9 Å². The van der Waals surface area contributed by atoms with Gasteiger partial charge in [-0.15, -0.1) is 5.10 Å². The summed E-state index contributed by atoms with van der Waals surface area (Å²) in [5.74, 6) is 0.165. The highest BCUT2D eigenvalue weighted by Crippen LogP contribution is 2.28. The van der Waals surface area contributed by atoms with Gasteiger partial charge >= 0.3 is 0 Å². The summed E-state index contributed by atoms with van der Waals surface area (Å²) < 4.78 is 1.90. The second-order valence-corrected chi connectivity index (χ2v) is 9.03. The minimum absolute atomic E-state index is 0.0419. The van der Waals surface area contributed by atoms with Crippen LogP contribution in [0.3, 0.4) is 0 Å². The van der Waals surface area contributed by atoms with Crippen LogP contribution in [0.15, 0.2) is 6.20 Å². The van der Waals surface area contributed by atoms with Gasteiger partial charge < -0.3 is 10.2 Å². The maximum absolute atomic E-state index is 11.9. The highest BCUT2D eigenvalue weighted by atomic mass is 32.1. The smallest absolute Gasteiger partial charge is 0.234 e. The van der Waals surface area contributed by atoms with Crippen LogP contribution in [0.4, 0.5) is 5.13 Å². The van der Waals surface area contributed by atoms with Crippen LogP contribution in [0.25, 0.3) is 4.96 Å². The maximum atomic E-state index is 11.9. The summed E-state index contributed by atoms with van der Waals surface area (Å²) in [6.45, 7) is 10.6. The van der Waals surface area contributed by atoms with Crippen molar-refractivity contribution in [3.8, 4) is 0 Å². The molecule has 1 aliphatic heterocycles. The van der Waals surface area contributed by atoms with Gasteiger partial charge in [-0.1, -0.05) is 32.1 Å². The van der Waals surface area contributed by atoms with Gasteiger partial charge in [0.25, 0.3) is 0 Å². The van der Waals surface area contributed by atoms with Gasteiger partial charge in [0.15, 0.2) is 0 Å². The van der Waals surface area contributed by atoms with Gasteiger partial charge in [-0.2, -0.15) is 0 Å². The van der Waals surface area contributed by atoms with Gasteiger partial charge in [-0.3, -0.25) is 9.69 Å². The number of hydrogen-bond acceptors (Lipinski definition) is 6. The van der Waals surface area contributed by atoms with Crippen LogP contribution in [0.1, 0.15) is 39.3 Å². The highest BCUT2D eigenvalue weighted by Gasteiger charge is 2.26. The largest absolute Gasteiger partial charge is 0.352 e. The average Bonchev–Trinajstić information content (AvgIpc) is 3.10. The van der Waals surface area contributed by atoms with Crippen molar-refractivity contribution >= 4 is 27.3 Å². The van der Waals surface area contributed by atoms with Crippen LogP contribution >= 0.6 is 11.3 Å². The number of carbonyl (C=O) groups is 1. The van der Waals surface area contributed by atoms with E-state index in [1.165, 1.54) is 0 Å². The number of fused-ring (bicyclic) bond motifs is 1. The van der Waals surface area contributed by atoms with E-state index in [0.717, 1.165) is 54.8 Å². The lowest BCUT2D eigenvalue weighted by atomic mass is 9.93. The Morgan fingerprint density at radius 3 is 2.60 bits per heavy atom. The summed E-state index contributed by atoms with van der Waals surface area (Å²) >= 11 is 1.64. The maximum Gasteiger partial charge on any atom is 0.234 e. The molecule has 136 valence electrons. The fraction of sp³-hybridized carbons (Fsp3) is 0.706. The molecule has 0 bridgehead atoms. The van der Waals surface area contributed by atoms with E-state index in [4.69, 9.17) is 10.1 Å². The van der Waals surface area contributed by atoms with Gasteiger partial charge in [0.1, 0.15) is 0 Å². The van der Waals surface area contributed by atoms with Crippen molar-refractivity contribution in [1.29, 1.82) is 0 Å². The predicted molar refractivity (Wildman–Crippen MR) is 99.4 cm³/mol. The van der Waals surface area contributed by atoms with E-state index in [0.29, 0.717) is 12.6 Å². The number of nitrogens with one attached hydrogen (secondary N) is 1. The molecular formula is C17H26N6OS. The third-order valence-corrected chi connectivity index (χ3v) is 5.74. The van der Waals surface area contributed by atoms with Crippen LogP contribution < -0.4 is 10.2 Å². The first-order chi connectivity index (χ1) is 11.9. The van der Waals surface area contributed by atoms with Crippen molar-refractivity contribution in [2.45, 2.75) is 45.1 Å². The van der Waals surface area contributed by atoms with Crippen molar-refractivity contribution in [2.75, 3.05) is 37.6 Å². The summed E-state index contributed by atoms with van der Waals surface area (Å²) in [5, 5.41) is 8.78. The predicted octanol–water partition coefficient (Wildman–Crippen LogP) is 1.49. The summed E-state index contributed by atoms with van der Waals surface area (Å²) in [6.07, 6.45) is 4.32. The van der Waals surface area contributed by atoms with Crippen molar-refractivity contribution in [2.24, 2.45) is 0 Å². The first kappa shape index (κ1) is 16.8. The lowest BCUT2D eigenvalue weighted by Gasteiger charge is -2.33. The number of amides is 1. The van der Waals surface area contributed by atoms with E-state index in [-0.39, 0.29) is 11.3 Å². The average molecular weight is 363 g/mol. The van der Waals surface area contributed by atoms with Crippen molar-refractivity contribution < 1.29 is 4.79 Å². The third-order valence-electron chi connectivity index (χ3n) is 4.75. The Morgan fingerprint density at radius 2 is 2.00 bits per heavy atom. The topological polar surface area (TPSA) is 65.8 Å². The molecule has 0 atom stereocenters. The Bertz CT molecular complexity index is 732. The molecule has 1 N–H and O–H groups in total. The molecule has 2 aromatic heterocycles. The molecule has 1 saturated heterocycles. The lowest BCUT2D eigenvalue weighted by Crippen LogP contribution is -2.49. The number of rotatable bonds is 4. The number of anilines is 1. The third kappa shape index (κ3) is 3.79. The molecule has 2 aromatic rings. The van der Waals surface area contributed by atoms with Crippen molar-refractivity contribution in [3.05, 3.63) is 11.9 Å². The minimum Gasteiger partial charge on any atom is -0.352 e. The zero-order valence-electron chi connectivity index (χ0n) is 15.2. The normalized spacial score (nSPS) is 19.6. The molecule has 0 spiro atoms. The summed E-state index contributed by atoms with van der Waals surface area (Å²) in [7, 11) is 0. The minimum atomic E-state index is 0.0419. The second kappa shape index (κ2) is 6.25.